The lowest BCUT2D eigenvalue weighted by Crippen LogP contribution is -2.63. The average Bonchev–Trinajstić information content (AvgIpc) is 2.20. The molecule has 2 fully saturated rings. The molecule has 0 spiro atoms. The van der Waals surface area contributed by atoms with E-state index in [1.807, 2.05) is 0 Å². The molecule has 0 bridgehead atoms. The lowest BCUT2D eigenvalue weighted by atomic mass is 9.64. The first-order chi connectivity index (χ1) is 7.01. The third-order valence-corrected chi connectivity index (χ3v) is 4.36. The van der Waals surface area contributed by atoms with Crippen LogP contribution in [0, 0.1) is 5.41 Å². The van der Waals surface area contributed by atoms with E-state index in [9.17, 15) is 10.2 Å². The molecule has 0 radical (unpaired) electrons. The highest BCUT2D eigenvalue weighted by atomic mass is 16.3. The van der Waals surface area contributed by atoms with Gasteiger partial charge in [-0.1, -0.05) is 26.7 Å². The van der Waals surface area contributed by atoms with Gasteiger partial charge in [-0.2, -0.15) is 0 Å². The van der Waals surface area contributed by atoms with Crippen LogP contribution in [0.3, 0.4) is 0 Å². The first-order valence-corrected chi connectivity index (χ1v) is 6.14. The molecule has 3 nitrogen and oxygen atoms in total. The molecule has 3 heteroatoms. The predicted molar refractivity (Wildman–Crippen MR) is 59.6 cm³/mol. The van der Waals surface area contributed by atoms with E-state index in [2.05, 4.69) is 19.2 Å². The molecule has 0 aromatic carbocycles. The molecule has 0 aromatic heterocycles. The maximum absolute atomic E-state index is 9.85. The average molecular weight is 213 g/mol. The summed E-state index contributed by atoms with van der Waals surface area (Å²) in [5.74, 6) is 0. The van der Waals surface area contributed by atoms with Crippen molar-refractivity contribution in [2.24, 2.45) is 5.41 Å². The van der Waals surface area contributed by atoms with Crippen LogP contribution in [0.4, 0.5) is 0 Å². The van der Waals surface area contributed by atoms with E-state index in [-0.39, 0.29) is 23.7 Å². The zero-order chi connectivity index (χ0) is 11.1. The van der Waals surface area contributed by atoms with Gasteiger partial charge in [-0.15, -0.1) is 0 Å². The number of aliphatic hydroxyl groups is 2. The Labute approximate surface area is 91.9 Å². The third-order valence-electron chi connectivity index (χ3n) is 4.36. The SMILES string of the molecule is CC1(C)C(O)CC1N[C@H]1CCCC[C@@H]1O. The van der Waals surface area contributed by atoms with Crippen molar-refractivity contribution < 1.29 is 10.2 Å². The molecule has 0 heterocycles. The van der Waals surface area contributed by atoms with Crippen LogP contribution in [0.15, 0.2) is 0 Å². The van der Waals surface area contributed by atoms with Gasteiger partial charge in [-0.3, -0.25) is 0 Å². The summed E-state index contributed by atoms with van der Waals surface area (Å²) in [6, 6.07) is 0.612. The summed E-state index contributed by atoms with van der Waals surface area (Å²) in [7, 11) is 0. The van der Waals surface area contributed by atoms with E-state index in [0.29, 0.717) is 6.04 Å². The maximum atomic E-state index is 9.85. The van der Waals surface area contributed by atoms with E-state index >= 15 is 0 Å². The Bertz CT molecular complexity index is 228. The Morgan fingerprint density at radius 2 is 1.80 bits per heavy atom. The number of hydrogen-bond donors (Lipinski definition) is 3. The normalized spacial score (nSPS) is 44.8. The highest BCUT2D eigenvalue weighted by Gasteiger charge is 2.48. The summed E-state index contributed by atoms with van der Waals surface area (Å²) in [6.45, 7) is 4.18. The minimum atomic E-state index is -0.188. The van der Waals surface area contributed by atoms with Gasteiger partial charge in [0.05, 0.1) is 12.2 Å². The van der Waals surface area contributed by atoms with Crippen LogP contribution in [-0.4, -0.2) is 34.5 Å². The molecule has 2 aliphatic carbocycles. The third kappa shape index (κ3) is 2.05. The number of hydrogen-bond acceptors (Lipinski definition) is 3. The molecule has 2 rings (SSSR count). The zero-order valence-corrected chi connectivity index (χ0v) is 9.74. The van der Waals surface area contributed by atoms with Gasteiger partial charge in [0.2, 0.25) is 0 Å². The lowest BCUT2D eigenvalue weighted by Gasteiger charge is -2.51. The standard InChI is InChI=1S/C12H23NO2/c1-12(2)10(7-11(12)15)13-8-5-3-4-6-9(8)14/h8-11,13-15H,3-7H2,1-2H3/t8-,9-,10?,11?/m0/s1. The second kappa shape index (κ2) is 4.04. The van der Waals surface area contributed by atoms with E-state index in [0.717, 1.165) is 25.7 Å². The fraction of sp³-hybridized carbons (Fsp3) is 1.00. The van der Waals surface area contributed by atoms with Crippen LogP contribution in [-0.2, 0) is 0 Å². The molecule has 2 aliphatic rings. The largest absolute Gasteiger partial charge is 0.392 e. The van der Waals surface area contributed by atoms with Crippen LogP contribution in [0.2, 0.25) is 0 Å². The Balaban J connectivity index is 1.87. The van der Waals surface area contributed by atoms with Gasteiger partial charge in [0.1, 0.15) is 0 Å². The molecular weight excluding hydrogens is 190 g/mol. The fourth-order valence-electron chi connectivity index (χ4n) is 2.75. The first kappa shape index (κ1) is 11.4. The van der Waals surface area contributed by atoms with Crippen LogP contribution in [0.5, 0.6) is 0 Å². The predicted octanol–water partition coefficient (Wildman–Crippen LogP) is 1.04. The molecule has 88 valence electrons. The Hall–Kier alpha value is -0.120. The summed E-state index contributed by atoms with van der Waals surface area (Å²) in [5.41, 5.74) is -0.0306. The van der Waals surface area contributed by atoms with Crippen LogP contribution in [0.1, 0.15) is 46.0 Å². The van der Waals surface area contributed by atoms with Crippen LogP contribution in [0.25, 0.3) is 0 Å². The molecule has 2 unspecified atom stereocenters. The number of rotatable bonds is 2. The minimum Gasteiger partial charge on any atom is -0.392 e. The Morgan fingerprint density at radius 1 is 1.13 bits per heavy atom. The second-order valence-electron chi connectivity index (χ2n) is 5.75. The van der Waals surface area contributed by atoms with Crippen molar-refractivity contribution in [1.29, 1.82) is 0 Å². The lowest BCUT2D eigenvalue weighted by molar-refractivity contribution is -0.0829. The Kier molecular flexibility index (Phi) is 3.06. The van der Waals surface area contributed by atoms with Gasteiger partial charge in [0, 0.05) is 17.5 Å². The molecular formula is C12H23NO2. The van der Waals surface area contributed by atoms with Gasteiger partial charge in [-0.05, 0) is 19.3 Å². The number of aliphatic hydroxyl groups excluding tert-OH is 2. The van der Waals surface area contributed by atoms with E-state index in [4.69, 9.17) is 0 Å². The monoisotopic (exact) mass is 213 g/mol. The van der Waals surface area contributed by atoms with Crippen LogP contribution >= 0.6 is 0 Å². The first-order valence-electron chi connectivity index (χ1n) is 6.14. The molecule has 0 saturated heterocycles. The van der Waals surface area contributed by atoms with Gasteiger partial charge in [0.25, 0.3) is 0 Å². The smallest absolute Gasteiger partial charge is 0.0693 e. The maximum Gasteiger partial charge on any atom is 0.0693 e. The van der Waals surface area contributed by atoms with Gasteiger partial charge < -0.3 is 15.5 Å². The van der Waals surface area contributed by atoms with E-state index < -0.39 is 0 Å². The van der Waals surface area contributed by atoms with E-state index in [1.54, 1.807) is 0 Å². The molecule has 0 aromatic rings. The summed E-state index contributed by atoms with van der Waals surface area (Å²) >= 11 is 0. The van der Waals surface area contributed by atoms with Gasteiger partial charge >= 0.3 is 0 Å². The minimum absolute atomic E-state index is 0.0306. The zero-order valence-electron chi connectivity index (χ0n) is 9.74. The molecule has 2 saturated carbocycles. The Morgan fingerprint density at radius 3 is 2.33 bits per heavy atom. The van der Waals surface area contributed by atoms with Crippen molar-refractivity contribution in [1.82, 2.24) is 5.32 Å². The van der Waals surface area contributed by atoms with Crippen molar-refractivity contribution in [3.8, 4) is 0 Å². The van der Waals surface area contributed by atoms with Gasteiger partial charge in [-0.25, -0.2) is 0 Å². The molecule has 0 aliphatic heterocycles. The molecule has 3 N–H and O–H groups in total. The second-order valence-corrected chi connectivity index (χ2v) is 5.75. The van der Waals surface area contributed by atoms with Gasteiger partial charge in [0.15, 0.2) is 0 Å². The number of nitrogens with one attached hydrogen (secondary N) is 1. The molecule has 4 atom stereocenters. The fourth-order valence-corrected chi connectivity index (χ4v) is 2.75. The highest BCUT2D eigenvalue weighted by molar-refractivity contribution is 5.03. The topological polar surface area (TPSA) is 52.5 Å². The van der Waals surface area contributed by atoms with Crippen LogP contribution < -0.4 is 5.32 Å². The van der Waals surface area contributed by atoms with Crippen molar-refractivity contribution in [2.75, 3.05) is 0 Å². The van der Waals surface area contributed by atoms with Crippen molar-refractivity contribution >= 4 is 0 Å². The van der Waals surface area contributed by atoms with Crippen molar-refractivity contribution in [2.45, 2.75) is 70.2 Å². The summed E-state index contributed by atoms with van der Waals surface area (Å²) in [6.07, 6.45) is 4.82. The molecule has 15 heavy (non-hydrogen) atoms. The summed E-state index contributed by atoms with van der Waals surface area (Å²) in [5, 5.41) is 23.0. The highest BCUT2D eigenvalue weighted by Crippen LogP contribution is 2.41. The van der Waals surface area contributed by atoms with Crippen molar-refractivity contribution in [3.63, 3.8) is 0 Å². The quantitative estimate of drug-likeness (QED) is 0.642. The summed E-state index contributed by atoms with van der Waals surface area (Å²) < 4.78 is 0. The molecule has 0 amide bonds. The summed E-state index contributed by atoms with van der Waals surface area (Å²) in [4.78, 5) is 0. The van der Waals surface area contributed by atoms with E-state index in [1.165, 1.54) is 6.42 Å². The van der Waals surface area contributed by atoms with Crippen molar-refractivity contribution in [3.05, 3.63) is 0 Å².